The molecule has 6 heteroatoms. The molecule has 0 radical (unpaired) electrons. The number of rotatable bonds is 5. The van der Waals surface area contributed by atoms with E-state index in [0.29, 0.717) is 24.4 Å². The van der Waals surface area contributed by atoms with Gasteiger partial charge in [-0.05, 0) is 37.1 Å². The molecular weight excluding hydrogens is 330 g/mol. The third kappa shape index (κ3) is 3.96. The Balaban J connectivity index is 1.66. The number of benzene rings is 2. The van der Waals surface area contributed by atoms with E-state index in [2.05, 4.69) is 16.0 Å². The molecule has 136 valence electrons. The number of hydrogen-bond donors (Lipinski definition) is 3. The highest BCUT2D eigenvalue weighted by Crippen LogP contribution is 2.31. The van der Waals surface area contributed by atoms with Crippen molar-refractivity contribution in [3.63, 3.8) is 0 Å². The van der Waals surface area contributed by atoms with Gasteiger partial charge in [-0.1, -0.05) is 31.2 Å². The Bertz CT molecular complexity index is 820. The molecule has 0 unspecified atom stereocenters. The van der Waals surface area contributed by atoms with Gasteiger partial charge in [0.25, 0.3) is 0 Å². The minimum absolute atomic E-state index is 0.0306. The molecule has 0 aliphatic carbocycles. The van der Waals surface area contributed by atoms with Crippen LogP contribution in [-0.2, 0) is 4.79 Å². The SMILES string of the molecule is CCCC(=O)Nc1cccc(NC(=O)N[C@H]2COc3ccccc32)c1C. The molecule has 0 fully saturated rings. The summed E-state index contributed by atoms with van der Waals surface area (Å²) in [4.78, 5) is 24.2. The molecule has 0 spiro atoms. The molecule has 1 heterocycles. The smallest absolute Gasteiger partial charge is 0.319 e. The van der Waals surface area contributed by atoms with E-state index in [9.17, 15) is 9.59 Å². The lowest BCUT2D eigenvalue weighted by Gasteiger charge is -2.16. The number of anilines is 2. The summed E-state index contributed by atoms with van der Waals surface area (Å²) in [5.41, 5.74) is 3.15. The molecule has 3 N–H and O–H groups in total. The minimum atomic E-state index is -0.310. The van der Waals surface area contributed by atoms with Crippen LogP contribution in [-0.4, -0.2) is 18.5 Å². The highest BCUT2D eigenvalue weighted by atomic mass is 16.5. The fourth-order valence-corrected chi connectivity index (χ4v) is 2.95. The number of hydrogen-bond acceptors (Lipinski definition) is 3. The van der Waals surface area contributed by atoms with Gasteiger partial charge in [0.05, 0.1) is 6.04 Å². The predicted molar refractivity (Wildman–Crippen MR) is 102 cm³/mol. The average Bonchev–Trinajstić information content (AvgIpc) is 3.02. The van der Waals surface area contributed by atoms with Crippen LogP contribution in [0.3, 0.4) is 0 Å². The first-order valence-corrected chi connectivity index (χ1v) is 8.77. The van der Waals surface area contributed by atoms with E-state index in [1.807, 2.05) is 50.2 Å². The van der Waals surface area contributed by atoms with Crippen LogP contribution in [0.25, 0.3) is 0 Å². The molecule has 1 aliphatic rings. The number of ether oxygens (including phenoxy) is 1. The molecule has 1 atom stereocenters. The van der Waals surface area contributed by atoms with Crippen molar-refractivity contribution in [2.24, 2.45) is 0 Å². The topological polar surface area (TPSA) is 79.5 Å². The molecule has 2 aromatic carbocycles. The van der Waals surface area contributed by atoms with Crippen molar-refractivity contribution in [3.8, 4) is 5.75 Å². The summed E-state index contributed by atoms with van der Waals surface area (Å²) in [6.45, 7) is 4.24. The summed E-state index contributed by atoms with van der Waals surface area (Å²) >= 11 is 0. The molecule has 0 saturated heterocycles. The van der Waals surface area contributed by atoms with E-state index in [-0.39, 0.29) is 18.0 Å². The van der Waals surface area contributed by atoms with Crippen LogP contribution < -0.4 is 20.7 Å². The standard InChI is InChI=1S/C20H23N3O3/c1-3-7-19(24)21-15-9-6-10-16(13(15)2)22-20(25)23-17-12-26-18-11-5-4-8-14(17)18/h4-6,8-11,17H,3,7,12H2,1-2H3,(H,21,24)(H2,22,23,25)/t17-/m0/s1. The highest BCUT2D eigenvalue weighted by molar-refractivity contribution is 5.95. The molecule has 1 aliphatic heterocycles. The van der Waals surface area contributed by atoms with Gasteiger partial charge in [-0.25, -0.2) is 4.79 Å². The van der Waals surface area contributed by atoms with Crippen molar-refractivity contribution in [1.82, 2.24) is 5.32 Å². The van der Waals surface area contributed by atoms with Gasteiger partial charge in [0, 0.05) is 23.4 Å². The molecule has 6 nitrogen and oxygen atoms in total. The van der Waals surface area contributed by atoms with Crippen molar-refractivity contribution in [2.75, 3.05) is 17.2 Å². The van der Waals surface area contributed by atoms with Gasteiger partial charge in [0.2, 0.25) is 5.91 Å². The number of carbonyl (C=O) groups is 2. The molecule has 2 aromatic rings. The van der Waals surface area contributed by atoms with Crippen LogP contribution in [0.1, 0.15) is 36.9 Å². The number of para-hydroxylation sites is 1. The Hall–Kier alpha value is -3.02. The van der Waals surface area contributed by atoms with E-state index in [1.54, 1.807) is 6.07 Å². The highest BCUT2D eigenvalue weighted by Gasteiger charge is 2.25. The normalized spacial score (nSPS) is 14.9. The van der Waals surface area contributed by atoms with E-state index in [0.717, 1.165) is 23.3 Å². The quantitative estimate of drug-likeness (QED) is 0.760. The summed E-state index contributed by atoms with van der Waals surface area (Å²) in [6, 6.07) is 12.6. The zero-order valence-corrected chi connectivity index (χ0v) is 15.0. The van der Waals surface area contributed by atoms with E-state index in [1.165, 1.54) is 0 Å². The predicted octanol–water partition coefficient (Wildman–Crippen LogP) is 3.99. The number of nitrogens with one attached hydrogen (secondary N) is 3. The first kappa shape index (κ1) is 17.8. The van der Waals surface area contributed by atoms with Crippen molar-refractivity contribution in [1.29, 1.82) is 0 Å². The van der Waals surface area contributed by atoms with Crippen molar-refractivity contribution in [2.45, 2.75) is 32.7 Å². The molecule has 0 aromatic heterocycles. The van der Waals surface area contributed by atoms with Crippen LogP contribution in [0, 0.1) is 6.92 Å². The minimum Gasteiger partial charge on any atom is -0.491 e. The molecule has 0 bridgehead atoms. The zero-order chi connectivity index (χ0) is 18.5. The summed E-state index contributed by atoms with van der Waals surface area (Å²) in [5.74, 6) is 0.770. The Morgan fingerprint density at radius 2 is 1.81 bits per heavy atom. The number of urea groups is 1. The average molecular weight is 353 g/mol. The maximum atomic E-state index is 12.4. The van der Waals surface area contributed by atoms with Crippen LogP contribution in [0.2, 0.25) is 0 Å². The molecule has 0 saturated carbocycles. The number of amides is 3. The number of fused-ring (bicyclic) bond motifs is 1. The Labute approximate surface area is 152 Å². The largest absolute Gasteiger partial charge is 0.491 e. The van der Waals surface area contributed by atoms with E-state index >= 15 is 0 Å². The van der Waals surface area contributed by atoms with Gasteiger partial charge in [0.15, 0.2) is 0 Å². The van der Waals surface area contributed by atoms with Crippen molar-refractivity contribution >= 4 is 23.3 Å². The third-order valence-corrected chi connectivity index (χ3v) is 4.34. The van der Waals surface area contributed by atoms with Crippen LogP contribution in [0.4, 0.5) is 16.2 Å². The van der Waals surface area contributed by atoms with E-state index < -0.39 is 0 Å². The maximum absolute atomic E-state index is 12.4. The van der Waals surface area contributed by atoms with Crippen molar-refractivity contribution in [3.05, 3.63) is 53.6 Å². The monoisotopic (exact) mass is 353 g/mol. The third-order valence-electron chi connectivity index (χ3n) is 4.34. The Morgan fingerprint density at radius 1 is 1.08 bits per heavy atom. The molecule has 3 amide bonds. The fraction of sp³-hybridized carbons (Fsp3) is 0.300. The van der Waals surface area contributed by atoms with Gasteiger partial charge < -0.3 is 20.7 Å². The summed E-state index contributed by atoms with van der Waals surface area (Å²) in [7, 11) is 0. The van der Waals surface area contributed by atoms with Gasteiger partial charge in [-0.2, -0.15) is 0 Å². The summed E-state index contributed by atoms with van der Waals surface area (Å²) in [5, 5.41) is 8.67. The van der Waals surface area contributed by atoms with Gasteiger partial charge >= 0.3 is 6.03 Å². The molecule has 26 heavy (non-hydrogen) atoms. The van der Waals surface area contributed by atoms with Crippen LogP contribution >= 0.6 is 0 Å². The fourth-order valence-electron chi connectivity index (χ4n) is 2.95. The zero-order valence-electron chi connectivity index (χ0n) is 15.0. The second kappa shape index (κ2) is 7.91. The Morgan fingerprint density at radius 3 is 2.58 bits per heavy atom. The summed E-state index contributed by atoms with van der Waals surface area (Å²) < 4.78 is 5.58. The maximum Gasteiger partial charge on any atom is 0.319 e. The van der Waals surface area contributed by atoms with Crippen molar-refractivity contribution < 1.29 is 14.3 Å². The second-order valence-corrected chi connectivity index (χ2v) is 6.28. The lowest BCUT2D eigenvalue weighted by molar-refractivity contribution is -0.116. The first-order chi connectivity index (χ1) is 12.6. The van der Waals surface area contributed by atoms with Gasteiger partial charge in [0.1, 0.15) is 12.4 Å². The Kier molecular flexibility index (Phi) is 5.41. The van der Waals surface area contributed by atoms with Gasteiger partial charge in [-0.15, -0.1) is 0 Å². The lowest BCUT2D eigenvalue weighted by Crippen LogP contribution is -2.33. The second-order valence-electron chi connectivity index (χ2n) is 6.28. The van der Waals surface area contributed by atoms with Crippen LogP contribution in [0.5, 0.6) is 5.75 Å². The lowest BCUT2D eigenvalue weighted by atomic mass is 10.1. The molecular formula is C20H23N3O3. The van der Waals surface area contributed by atoms with Crippen LogP contribution in [0.15, 0.2) is 42.5 Å². The summed E-state index contributed by atoms with van der Waals surface area (Å²) in [6.07, 6.45) is 1.26. The molecule has 3 rings (SSSR count). The van der Waals surface area contributed by atoms with E-state index in [4.69, 9.17) is 4.74 Å². The number of carbonyl (C=O) groups excluding carboxylic acids is 2. The van der Waals surface area contributed by atoms with Gasteiger partial charge in [-0.3, -0.25) is 4.79 Å². The first-order valence-electron chi connectivity index (χ1n) is 8.77.